The van der Waals surface area contributed by atoms with Crippen molar-refractivity contribution in [2.45, 2.75) is 80.9 Å². The molecule has 41 heavy (non-hydrogen) atoms. The van der Waals surface area contributed by atoms with Crippen LogP contribution in [0.1, 0.15) is 35.4 Å². The highest BCUT2D eigenvalue weighted by molar-refractivity contribution is 6.02. The topological polar surface area (TPSA) is 225 Å². The Morgan fingerprint density at radius 1 is 0.829 bits per heavy atom. The minimum atomic E-state index is -1.68. The number of carbonyl (C=O) groups excluding carboxylic acids is 1. The average Bonchev–Trinajstić information content (AvgIpc) is 2.93. The summed E-state index contributed by atoms with van der Waals surface area (Å²) in [7, 11) is 0. The molecule has 0 saturated carbocycles. The molecule has 11 atom stereocenters. The lowest BCUT2D eigenvalue weighted by atomic mass is 9.95. The fourth-order valence-corrected chi connectivity index (χ4v) is 5.00. The molecule has 8 N–H and O–H groups in total. The van der Waals surface area contributed by atoms with Crippen LogP contribution >= 0.6 is 0 Å². The number of ether oxygens (including phenoxy) is 5. The first-order chi connectivity index (χ1) is 19.4. The number of fused-ring (bicyclic) bond motifs is 1. The van der Waals surface area contributed by atoms with Crippen LogP contribution in [-0.2, 0) is 14.2 Å². The molecule has 5 unspecified atom stereocenters. The monoisotopic (exact) mass is 580 g/mol. The van der Waals surface area contributed by atoms with Gasteiger partial charge in [0.25, 0.3) is 0 Å². The highest BCUT2D eigenvalue weighted by Crippen LogP contribution is 2.42. The smallest absolute Gasteiger partial charge is 0.229 e. The molecule has 224 valence electrons. The van der Waals surface area contributed by atoms with Crippen LogP contribution in [0.4, 0.5) is 0 Å². The quantitative estimate of drug-likeness (QED) is 0.202. The Morgan fingerprint density at radius 2 is 1.49 bits per heavy atom. The predicted molar refractivity (Wildman–Crippen MR) is 134 cm³/mol. The Hall–Kier alpha value is -3.05. The molecule has 3 aliphatic heterocycles. The van der Waals surface area contributed by atoms with Gasteiger partial charge in [-0.3, -0.25) is 4.79 Å². The first-order valence-corrected chi connectivity index (χ1v) is 13.0. The molecule has 14 heteroatoms. The van der Waals surface area contributed by atoms with Crippen molar-refractivity contribution in [2.24, 2.45) is 0 Å². The number of aliphatic hydroxyl groups excluding tert-OH is 6. The Morgan fingerprint density at radius 3 is 2.20 bits per heavy atom. The third-order valence-electron chi connectivity index (χ3n) is 7.39. The number of ketones is 1. The van der Waals surface area contributed by atoms with Crippen molar-refractivity contribution in [3.63, 3.8) is 0 Å². The number of carbonyl (C=O) groups is 1. The molecular formula is C27H32O14. The van der Waals surface area contributed by atoms with E-state index >= 15 is 0 Å². The standard InChI is InChI=1S/C27H32O14/c1-10-20(31)22(33)24(35)26(38-10)37-9-18-21(32)23(34)25(36)27(41-18)39-13-4-2-11(3-5-13)16-8-15(30)19-14(29)6-12(28)7-17(19)40-16/h2-7,10,16,18,20-29,31-36H,8-9H2,1H3/t10?,16?,18-,20+,21-,22?,23?,24+,25?,26-,27-/m1/s1. The maximum atomic E-state index is 12.6. The van der Waals surface area contributed by atoms with E-state index in [1.165, 1.54) is 25.1 Å². The minimum absolute atomic E-state index is 0.00504. The van der Waals surface area contributed by atoms with Crippen LogP contribution in [0.5, 0.6) is 23.0 Å². The Kier molecular flexibility index (Phi) is 8.39. The van der Waals surface area contributed by atoms with Gasteiger partial charge < -0.3 is 64.5 Å². The van der Waals surface area contributed by atoms with Gasteiger partial charge in [0.15, 0.2) is 12.1 Å². The van der Waals surface area contributed by atoms with E-state index in [-0.39, 0.29) is 40.8 Å². The van der Waals surface area contributed by atoms with Crippen LogP contribution in [-0.4, -0.2) is 115 Å². The van der Waals surface area contributed by atoms with Crippen molar-refractivity contribution in [3.8, 4) is 23.0 Å². The van der Waals surface area contributed by atoms with Crippen LogP contribution < -0.4 is 9.47 Å². The van der Waals surface area contributed by atoms with Crippen LogP contribution in [0.3, 0.4) is 0 Å². The summed E-state index contributed by atoms with van der Waals surface area (Å²) in [5, 5.41) is 80.9. The molecule has 0 radical (unpaired) electrons. The summed E-state index contributed by atoms with van der Waals surface area (Å²) in [4.78, 5) is 12.6. The summed E-state index contributed by atoms with van der Waals surface area (Å²) in [6.45, 7) is 1.05. The van der Waals surface area contributed by atoms with Crippen LogP contribution in [0.15, 0.2) is 36.4 Å². The number of phenols is 2. The third kappa shape index (κ3) is 5.83. The van der Waals surface area contributed by atoms with Crippen LogP contribution in [0, 0.1) is 0 Å². The summed E-state index contributed by atoms with van der Waals surface area (Å²) in [5.41, 5.74) is 0.577. The van der Waals surface area contributed by atoms with E-state index in [9.17, 15) is 45.6 Å². The van der Waals surface area contributed by atoms with Crippen molar-refractivity contribution >= 4 is 5.78 Å². The molecule has 0 aromatic heterocycles. The number of rotatable bonds is 6. The number of hydrogen-bond acceptors (Lipinski definition) is 14. The van der Waals surface area contributed by atoms with Gasteiger partial charge >= 0.3 is 0 Å². The van der Waals surface area contributed by atoms with E-state index in [0.29, 0.717) is 5.56 Å². The summed E-state index contributed by atoms with van der Waals surface area (Å²) >= 11 is 0. The van der Waals surface area contributed by atoms with Gasteiger partial charge in [-0.1, -0.05) is 12.1 Å². The molecule has 2 aromatic carbocycles. The Balaban J connectivity index is 1.22. The lowest BCUT2D eigenvalue weighted by Crippen LogP contribution is -2.61. The fourth-order valence-electron chi connectivity index (χ4n) is 5.00. The lowest BCUT2D eigenvalue weighted by molar-refractivity contribution is -0.318. The molecule has 0 bridgehead atoms. The average molecular weight is 581 g/mol. The van der Waals surface area contributed by atoms with E-state index in [2.05, 4.69) is 0 Å². The van der Waals surface area contributed by atoms with E-state index in [1.807, 2.05) is 0 Å². The van der Waals surface area contributed by atoms with Gasteiger partial charge in [-0.2, -0.15) is 0 Å². The minimum Gasteiger partial charge on any atom is -0.508 e. The van der Waals surface area contributed by atoms with E-state index < -0.39 is 74.1 Å². The summed E-state index contributed by atoms with van der Waals surface area (Å²) in [6, 6.07) is 8.53. The molecule has 0 spiro atoms. The van der Waals surface area contributed by atoms with E-state index in [1.54, 1.807) is 12.1 Å². The van der Waals surface area contributed by atoms with Crippen LogP contribution in [0.2, 0.25) is 0 Å². The molecule has 2 saturated heterocycles. The van der Waals surface area contributed by atoms with Gasteiger partial charge in [-0.25, -0.2) is 0 Å². The zero-order chi connectivity index (χ0) is 29.6. The molecule has 2 fully saturated rings. The van der Waals surface area contributed by atoms with E-state index in [4.69, 9.17) is 23.7 Å². The van der Waals surface area contributed by atoms with E-state index in [0.717, 1.165) is 6.07 Å². The highest BCUT2D eigenvalue weighted by Gasteiger charge is 2.47. The zero-order valence-corrected chi connectivity index (χ0v) is 21.8. The van der Waals surface area contributed by atoms with Crippen molar-refractivity contribution in [3.05, 3.63) is 47.5 Å². The van der Waals surface area contributed by atoms with Crippen molar-refractivity contribution < 1.29 is 69.3 Å². The molecule has 0 aliphatic carbocycles. The third-order valence-corrected chi connectivity index (χ3v) is 7.39. The maximum Gasteiger partial charge on any atom is 0.229 e. The normalized spacial score (nSPS) is 37.2. The lowest BCUT2D eigenvalue weighted by Gasteiger charge is -2.42. The molecule has 3 aliphatic rings. The second-order valence-corrected chi connectivity index (χ2v) is 10.3. The van der Waals surface area contributed by atoms with Crippen molar-refractivity contribution in [1.82, 2.24) is 0 Å². The number of hydrogen-bond donors (Lipinski definition) is 8. The number of benzene rings is 2. The second-order valence-electron chi connectivity index (χ2n) is 10.3. The first-order valence-electron chi connectivity index (χ1n) is 13.0. The number of aromatic hydroxyl groups is 2. The summed E-state index contributed by atoms with van der Waals surface area (Å²) in [6.07, 6.45) is -15.0. The highest BCUT2D eigenvalue weighted by atomic mass is 16.7. The predicted octanol–water partition coefficient (Wildman–Crippen LogP) is -1.17. The molecule has 2 aromatic rings. The second kappa shape index (κ2) is 11.7. The van der Waals surface area contributed by atoms with Crippen LogP contribution in [0.25, 0.3) is 0 Å². The molecule has 14 nitrogen and oxygen atoms in total. The molecule has 3 heterocycles. The Bertz CT molecular complexity index is 1240. The number of phenolic OH excluding ortho intramolecular Hbond substituents is 2. The van der Waals surface area contributed by atoms with Gasteiger partial charge in [0.1, 0.15) is 77.4 Å². The van der Waals surface area contributed by atoms with Gasteiger partial charge in [0.05, 0.1) is 19.1 Å². The van der Waals surface area contributed by atoms with Gasteiger partial charge in [0.2, 0.25) is 6.29 Å². The number of aliphatic hydroxyl groups is 6. The molecule has 5 rings (SSSR count). The van der Waals surface area contributed by atoms with Gasteiger partial charge in [-0.15, -0.1) is 0 Å². The molecule has 0 amide bonds. The Labute approximate surface area is 233 Å². The summed E-state index contributed by atoms with van der Waals surface area (Å²) in [5.74, 6) is -0.734. The SMILES string of the molecule is CC1O[C@@H](OC[C@H]2O[C@@H](Oc3ccc(C4CC(=O)c5c(O)cc(O)cc5O4)cc3)C(O)C(O)[C@@H]2O)[C@@H](O)C(O)[C@H]1O. The van der Waals surface area contributed by atoms with Gasteiger partial charge in [-0.05, 0) is 24.6 Å². The van der Waals surface area contributed by atoms with Crippen molar-refractivity contribution in [2.75, 3.05) is 6.61 Å². The van der Waals surface area contributed by atoms with Crippen molar-refractivity contribution in [1.29, 1.82) is 0 Å². The maximum absolute atomic E-state index is 12.6. The zero-order valence-electron chi connectivity index (χ0n) is 21.8. The summed E-state index contributed by atoms with van der Waals surface area (Å²) < 4.78 is 28.0. The fraction of sp³-hybridized carbons (Fsp3) is 0.519. The molecular weight excluding hydrogens is 548 g/mol. The number of Topliss-reactive ketones (excluding diaryl/α,β-unsaturated/α-hetero) is 1. The first kappa shape index (κ1) is 29.4. The van der Waals surface area contributed by atoms with Gasteiger partial charge in [0, 0.05) is 12.1 Å². The largest absolute Gasteiger partial charge is 0.508 e.